The molecule has 4 nitrogen and oxygen atoms in total. The van der Waals surface area contributed by atoms with Crippen molar-refractivity contribution in [2.24, 2.45) is 0 Å². The molecule has 3 rings (SSSR count). The number of nitrogens with zero attached hydrogens (tertiary/aromatic N) is 2. The number of nitrogens with one attached hydrogen (secondary N) is 1. The largest absolute Gasteiger partial charge is 0.338 e. The van der Waals surface area contributed by atoms with Gasteiger partial charge in [0.1, 0.15) is 6.17 Å². The van der Waals surface area contributed by atoms with Crippen molar-refractivity contribution in [1.29, 1.82) is 0 Å². The summed E-state index contributed by atoms with van der Waals surface area (Å²) in [6, 6.07) is -0.0881. The third-order valence-electron chi connectivity index (χ3n) is 3.80. The molecular formula is C12H19ClFN3O. The highest BCUT2D eigenvalue weighted by atomic mass is 35.5. The standard InChI is InChI=1S/C12H18FN3O.ClH/c13-9-6-10(14-7-9)12-15-11(16-17-12)8-4-2-1-3-5-8;/h8-10,14H,1-7H2;1H/t9-,10+;/m0./s1. The van der Waals surface area contributed by atoms with Crippen molar-refractivity contribution in [2.45, 2.75) is 56.7 Å². The molecule has 102 valence electrons. The quantitative estimate of drug-likeness (QED) is 0.902. The third-order valence-corrected chi connectivity index (χ3v) is 3.80. The molecule has 2 atom stereocenters. The number of aromatic nitrogens is 2. The van der Waals surface area contributed by atoms with E-state index in [4.69, 9.17) is 4.52 Å². The first-order valence-electron chi connectivity index (χ1n) is 6.54. The Morgan fingerprint density at radius 3 is 2.67 bits per heavy atom. The van der Waals surface area contributed by atoms with Crippen LogP contribution in [-0.2, 0) is 0 Å². The van der Waals surface area contributed by atoms with Crippen LogP contribution in [0.1, 0.15) is 62.2 Å². The molecule has 0 bridgehead atoms. The molecule has 1 aromatic heterocycles. The molecule has 2 fully saturated rings. The van der Waals surface area contributed by atoms with E-state index in [1.165, 1.54) is 19.3 Å². The van der Waals surface area contributed by atoms with E-state index < -0.39 is 6.17 Å². The van der Waals surface area contributed by atoms with Crippen molar-refractivity contribution in [3.05, 3.63) is 11.7 Å². The van der Waals surface area contributed by atoms with E-state index in [-0.39, 0.29) is 18.4 Å². The molecule has 1 N–H and O–H groups in total. The lowest BCUT2D eigenvalue weighted by molar-refractivity contribution is 0.319. The lowest BCUT2D eigenvalue weighted by Crippen LogP contribution is -2.14. The second-order valence-electron chi connectivity index (χ2n) is 5.12. The van der Waals surface area contributed by atoms with Gasteiger partial charge in [-0.2, -0.15) is 4.98 Å². The first kappa shape index (κ1) is 13.7. The van der Waals surface area contributed by atoms with Gasteiger partial charge in [0, 0.05) is 18.9 Å². The molecule has 18 heavy (non-hydrogen) atoms. The van der Waals surface area contributed by atoms with Crippen LogP contribution in [0.5, 0.6) is 0 Å². The van der Waals surface area contributed by atoms with Gasteiger partial charge in [-0.25, -0.2) is 4.39 Å². The SMILES string of the molecule is Cl.F[C@@H]1CN[C@@H](c2nc(C3CCCCC3)no2)C1. The molecule has 2 aliphatic rings. The van der Waals surface area contributed by atoms with Gasteiger partial charge >= 0.3 is 0 Å². The van der Waals surface area contributed by atoms with Crippen molar-refractivity contribution >= 4 is 12.4 Å². The first-order chi connectivity index (χ1) is 8.33. The third kappa shape index (κ3) is 2.83. The summed E-state index contributed by atoms with van der Waals surface area (Å²) in [6.45, 7) is 0.395. The van der Waals surface area contributed by atoms with Crippen LogP contribution in [0.15, 0.2) is 4.52 Å². The van der Waals surface area contributed by atoms with E-state index in [2.05, 4.69) is 15.5 Å². The van der Waals surface area contributed by atoms with Crippen LogP contribution in [-0.4, -0.2) is 22.9 Å². The Morgan fingerprint density at radius 2 is 2.00 bits per heavy atom. The second kappa shape index (κ2) is 5.97. The summed E-state index contributed by atoms with van der Waals surface area (Å²) in [4.78, 5) is 4.44. The van der Waals surface area contributed by atoms with Gasteiger partial charge in [0.25, 0.3) is 0 Å². The van der Waals surface area contributed by atoms with Gasteiger partial charge in [-0.3, -0.25) is 0 Å². The monoisotopic (exact) mass is 275 g/mol. The van der Waals surface area contributed by atoms with Crippen molar-refractivity contribution in [3.8, 4) is 0 Å². The van der Waals surface area contributed by atoms with E-state index in [1.807, 2.05) is 0 Å². The van der Waals surface area contributed by atoms with Crippen LogP contribution >= 0.6 is 12.4 Å². The predicted octanol–water partition coefficient (Wildman–Crippen LogP) is 2.91. The highest BCUT2D eigenvalue weighted by Gasteiger charge is 2.30. The number of hydrogen-bond donors (Lipinski definition) is 1. The van der Waals surface area contributed by atoms with Crippen molar-refractivity contribution in [1.82, 2.24) is 15.5 Å². The zero-order valence-corrected chi connectivity index (χ0v) is 11.1. The maximum atomic E-state index is 13.1. The van der Waals surface area contributed by atoms with E-state index in [0.29, 0.717) is 24.8 Å². The van der Waals surface area contributed by atoms with E-state index in [0.717, 1.165) is 18.7 Å². The molecule has 6 heteroatoms. The van der Waals surface area contributed by atoms with Crippen LogP contribution in [0, 0.1) is 0 Å². The Kier molecular flexibility index (Phi) is 4.56. The van der Waals surface area contributed by atoms with Gasteiger partial charge in [-0.05, 0) is 12.8 Å². The van der Waals surface area contributed by atoms with Gasteiger partial charge in [0.2, 0.25) is 5.89 Å². The van der Waals surface area contributed by atoms with Gasteiger partial charge < -0.3 is 9.84 Å². The molecule has 1 aliphatic heterocycles. The fourth-order valence-corrected chi connectivity index (χ4v) is 2.80. The summed E-state index contributed by atoms with van der Waals surface area (Å²) in [5.41, 5.74) is 0. The molecule has 1 saturated carbocycles. The number of halogens is 2. The number of rotatable bonds is 2. The molecule has 1 aromatic rings. The summed E-state index contributed by atoms with van der Waals surface area (Å²) < 4.78 is 18.3. The average molecular weight is 276 g/mol. The maximum absolute atomic E-state index is 13.1. The minimum atomic E-state index is -0.787. The minimum Gasteiger partial charge on any atom is -0.338 e. The Labute approximate surface area is 112 Å². The van der Waals surface area contributed by atoms with Crippen molar-refractivity contribution < 1.29 is 8.91 Å². The normalized spacial score (nSPS) is 29.2. The highest BCUT2D eigenvalue weighted by molar-refractivity contribution is 5.85. The summed E-state index contributed by atoms with van der Waals surface area (Å²) in [7, 11) is 0. The molecular weight excluding hydrogens is 257 g/mol. The van der Waals surface area contributed by atoms with E-state index in [1.54, 1.807) is 0 Å². The topological polar surface area (TPSA) is 51.0 Å². The molecule has 0 aromatic carbocycles. The molecule has 0 amide bonds. The van der Waals surface area contributed by atoms with Crippen LogP contribution < -0.4 is 5.32 Å². The predicted molar refractivity (Wildman–Crippen MR) is 67.6 cm³/mol. The maximum Gasteiger partial charge on any atom is 0.243 e. The minimum absolute atomic E-state index is 0. The van der Waals surface area contributed by atoms with Crippen molar-refractivity contribution in [2.75, 3.05) is 6.54 Å². The Bertz CT molecular complexity index is 362. The number of hydrogen-bond acceptors (Lipinski definition) is 4. The van der Waals surface area contributed by atoms with Crippen LogP contribution in [0.3, 0.4) is 0 Å². The zero-order chi connectivity index (χ0) is 11.7. The van der Waals surface area contributed by atoms with Crippen LogP contribution in [0.25, 0.3) is 0 Å². The lowest BCUT2D eigenvalue weighted by atomic mass is 9.89. The Morgan fingerprint density at radius 1 is 1.22 bits per heavy atom. The fraction of sp³-hybridized carbons (Fsp3) is 0.833. The molecule has 0 unspecified atom stereocenters. The van der Waals surface area contributed by atoms with Crippen LogP contribution in [0.4, 0.5) is 4.39 Å². The average Bonchev–Trinajstić information content (AvgIpc) is 2.98. The van der Waals surface area contributed by atoms with Crippen LogP contribution in [0.2, 0.25) is 0 Å². The lowest BCUT2D eigenvalue weighted by Gasteiger charge is -2.17. The summed E-state index contributed by atoms with van der Waals surface area (Å²) >= 11 is 0. The zero-order valence-electron chi connectivity index (χ0n) is 10.3. The highest BCUT2D eigenvalue weighted by Crippen LogP contribution is 2.32. The molecule has 2 heterocycles. The molecule has 0 spiro atoms. The van der Waals surface area contributed by atoms with Gasteiger partial charge in [-0.1, -0.05) is 24.4 Å². The first-order valence-corrected chi connectivity index (χ1v) is 6.54. The Balaban J connectivity index is 0.00000120. The molecule has 1 saturated heterocycles. The molecule has 0 radical (unpaired) electrons. The Hall–Kier alpha value is -0.680. The van der Waals surface area contributed by atoms with Gasteiger partial charge in [0.15, 0.2) is 5.82 Å². The van der Waals surface area contributed by atoms with Gasteiger partial charge in [-0.15, -0.1) is 12.4 Å². The second-order valence-corrected chi connectivity index (χ2v) is 5.12. The summed E-state index contributed by atoms with van der Waals surface area (Å²) in [5.74, 6) is 1.83. The molecule has 1 aliphatic carbocycles. The van der Waals surface area contributed by atoms with Gasteiger partial charge in [0.05, 0.1) is 6.04 Å². The summed E-state index contributed by atoms with van der Waals surface area (Å²) in [6.07, 6.45) is 5.79. The summed E-state index contributed by atoms with van der Waals surface area (Å²) in [5, 5.41) is 7.13. The fourth-order valence-electron chi connectivity index (χ4n) is 2.80. The van der Waals surface area contributed by atoms with E-state index >= 15 is 0 Å². The van der Waals surface area contributed by atoms with E-state index in [9.17, 15) is 4.39 Å². The van der Waals surface area contributed by atoms with Crippen molar-refractivity contribution in [3.63, 3.8) is 0 Å². The smallest absolute Gasteiger partial charge is 0.243 e. The number of alkyl halides is 1.